The summed E-state index contributed by atoms with van der Waals surface area (Å²) in [6.07, 6.45) is 4.49. The fourth-order valence-corrected chi connectivity index (χ4v) is 2.98. The normalized spacial score (nSPS) is 17.3. The predicted molar refractivity (Wildman–Crippen MR) is 87.6 cm³/mol. The lowest BCUT2D eigenvalue weighted by Gasteiger charge is -2.16. The molecule has 0 unspecified atom stereocenters. The maximum absolute atomic E-state index is 12.5. The molecule has 6 nitrogen and oxygen atoms in total. The number of nitrogens with zero attached hydrogens (tertiary/aromatic N) is 3. The molecule has 0 N–H and O–H groups in total. The Labute approximate surface area is 139 Å². The van der Waals surface area contributed by atoms with E-state index >= 15 is 0 Å². The van der Waals surface area contributed by atoms with Gasteiger partial charge in [0, 0.05) is 30.7 Å². The predicted octanol–water partition coefficient (Wildman–Crippen LogP) is 2.45. The van der Waals surface area contributed by atoms with Gasteiger partial charge in [-0.25, -0.2) is 0 Å². The van der Waals surface area contributed by atoms with Gasteiger partial charge in [-0.15, -0.1) is 0 Å². The van der Waals surface area contributed by atoms with E-state index in [0.717, 1.165) is 17.6 Å². The van der Waals surface area contributed by atoms with E-state index in [9.17, 15) is 4.79 Å². The van der Waals surface area contributed by atoms with Crippen molar-refractivity contribution in [3.8, 4) is 5.75 Å². The second kappa shape index (κ2) is 6.31. The summed E-state index contributed by atoms with van der Waals surface area (Å²) >= 11 is 0. The second-order valence-electron chi connectivity index (χ2n) is 5.85. The zero-order valence-corrected chi connectivity index (χ0v) is 13.1. The van der Waals surface area contributed by atoms with Gasteiger partial charge in [0.15, 0.2) is 5.58 Å². The minimum absolute atomic E-state index is 0.0189. The lowest BCUT2D eigenvalue weighted by molar-refractivity contribution is -0.129. The lowest BCUT2D eigenvalue weighted by atomic mass is 10.1. The number of carbonyl (C=O) groups excluding carboxylic acids is 1. The van der Waals surface area contributed by atoms with Crippen LogP contribution in [0.25, 0.3) is 11.0 Å². The molecule has 1 aliphatic heterocycles. The molecule has 1 aromatic carbocycles. The van der Waals surface area contributed by atoms with E-state index in [4.69, 9.17) is 9.26 Å². The molecule has 0 saturated carbocycles. The Hall–Kier alpha value is -2.89. The molecule has 122 valence electrons. The van der Waals surface area contributed by atoms with Crippen molar-refractivity contribution < 1.29 is 14.1 Å². The molecular formula is C18H17N3O3. The number of aromatic nitrogens is 2. The van der Waals surface area contributed by atoms with Crippen molar-refractivity contribution in [2.45, 2.75) is 18.9 Å². The Kier molecular flexibility index (Phi) is 3.86. The molecule has 0 bridgehead atoms. The molecule has 0 aliphatic carbocycles. The average molecular weight is 323 g/mol. The number of fused-ring (bicyclic) bond motifs is 1. The zero-order valence-electron chi connectivity index (χ0n) is 13.1. The van der Waals surface area contributed by atoms with Crippen LogP contribution in [0.3, 0.4) is 0 Å². The number of amides is 1. The highest BCUT2D eigenvalue weighted by atomic mass is 16.5. The van der Waals surface area contributed by atoms with E-state index in [1.807, 2.05) is 41.3 Å². The van der Waals surface area contributed by atoms with Gasteiger partial charge >= 0.3 is 0 Å². The maximum atomic E-state index is 12.5. The fourth-order valence-electron chi connectivity index (χ4n) is 2.98. The van der Waals surface area contributed by atoms with Gasteiger partial charge in [0.1, 0.15) is 17.5 Å². The summed E-state index contributed by atoms with van der Waals surface area (Å²) in [5, 5.41) is 4.93. The third-order valence-corrected chi connectivity index (χ3v) is 4.22. The van der Waals surface area contributed by atoms with Crippen molar-refractivity contribution in [1.29, 1.82) is 0 Å². The number of rotatable bonds is 4. The van der Waals surface area contributed by atoms with Crippen LogP contribution >= 0.6 is 0 Å². The van der Waals surface area contributed by atoms with Gasteiger partial charge in [-0.3, -0.25) is 9.78 Å². The highest BCUT2D eigenvalue weighted by molar-refractivity contribution is 5.86. The Morgan fingerprint density at radius 1 is 1.25 bits per heavy atom. The quantitative estimate of drug-likeness (QED) is 0.737. The molecule has 1 saturated heterocycles. The number of para-hydroxylation sites is 1. The van der Waals surface area contributed by atoms with Crippen LogP contribution in [-0.2, 0) is 11.2 Å². The summed E-state index contributed by atoms with van der Waals surface area (Å²) in [5.74, 6) is 0.835. The number of hydrogen-bond acceptors (Lipinski definition) is 5. The number of carbonyl (C=O) groups is 1. The van der Waals surface area contributed by atoms with Crippen molar-refractivity contribution in [2.24, 2.45) is 0 Å². The lowest BCUT2D eigenvalue weighted by Crippen LogP contribution is -2.32. The van der Waals surface area contributed by atoms with E-state index in [1.54, 1.807) is 12.4 Å². The Balaban J connectivity index is 1.39. The topological polar surface area (TPSA) is 68.5 Å². The van der Waals surface area contributed by atoms with Gasteiger partial charge in [-0.1, -0.05) is 17.3 Å². The van der Waals surface area contributed by atoms with Gasteiger partial charge in [-0.2, -0.15) is 0 Å². The minimum Gasteiger partial charge on any atom is -0.488 e. The highest BCUT2D eigenvalue weighted by Crippen LogP contribution is 2.21. The third-order valence-electron chi connectivity index (χ3n) is 4.22. The first-order valence-corrected chi connectivity index (χ1v) is 7.97. The Morgan fingerprint density at radius 3 is 2.96 bits per heavy atom. The molecule has 0 radical (unpaired) electrons. The molecule has 1 amide bonds. The SMILES string of the molecule is O=C(Cc1noc2ccccc12)N1CC[C@H](Oc2ccncc2)C1. The summed E-state index contributed by atoms with van der Waals surface area (Å²) in [5.41, 5.74) is 1.40. The summed E-state index contributed by atoms with van der Waals surface area (Å²) in [6.45, 7) is 1.29. The Morgan fingerprint density at radius 2 is 2.08 bits per heavy atom. The van der Waals surface area contributed by atoms with Gasteiger partial charge in [0.25, 0.3) is 0 Å². The summed E-state index contributed by atoms with van der Waals surface area (Å²) in [6, 6.07) is 11.2. The van der Waals surface area contributed by atoms with Crippen molar-refractivity contribution in [1.82, 2.24) is 15.0 Å². The van der Waals surface area contributed by atoms with Crippen LogP contribution in [0.5, 0.6) is 5.75 Å². The minimum atomic E-state index is 0.0189. The van der Waals surface area contributed by atoms with E-state index in [0.29, 0.717) is 24.4 Å². The maximum Gasteiger partial charge on any atom is 0.228 e. The molecule has 3 heterocycles. The molecule has 1 aliphatic rings. The molecule has 2 aromatic heterocycles. The van der Waals surface area contributed by atoms with Gasteiger partial charge in [0.05, 0.1) is 13.0 Å². The van der Waals surface area contributed by atoms with Crippen molar-refractivity contribution in [3.63, 3.8) is 0 Å². The van der Waals surface area contributed by atoms with E-state index in [-0.39, 0.29) is 18.4 Å². The molecule has 6 heteroatoms. The zero-order chi connectivity index (χ0) is 16.4. The van der Waals surface area contributed by atoms with Crippen molar-refractivity contribution >= 4 is 16.9 Å². The number of pyridine rings is 1. The van der Waals surface area contributed by atoms with Gasteiger partial charge in [0.2, 0.25) is 5.91 Å². The van der Waals surface area contributed by atoms with Gasteiger partial charge in [-0.05, 0) is 24.3 Å². The van der Waals surface area contributed by atoms with Crippen LogP contribution in [0.1, 0.15) is 12.1 Å². The fraction of sp³-hybridized carbons (Fsp3) is 0.278. The summed E-state index contributed by atoms with van der Waals surface area (Å²) in [4.78, 5) is 18.3. The first-order valence-electron chi connectivity index (χ1n) is 7.97. The first kappa shape index (κ1) is 14.7. The standard InChI is InChI=1S/C18H17N3O3/c22-18(11-16-15-3-1-2-4-17(15)24-20-16)21-10-7-14(12-21)23-13-5-8-19-9-6-13/h1-6,8-9,14H,7,10-12H2/t14-/m0/s1. The molecule has 1 fully saturated rings. The van der Waals surface area contributed by atoms with Crippen LogP contribution in [0, 0.1) is 0 Å². The van der Waals surface area contributed by atoms with Crippen LogP contribution in [0.2, 0.25) is 0 Å². The highest BCUT2D eigenvalue weighted by Gasteiger charge is 2.28. The average Bonchev–Trinajstić information content (AvgIpc) is 3.24. The van der Waals surface area contributed by atoms with Gasteiger partial charge < -0.3 is 14.2 Å². The number of likely N-dealkylation sites (tertiary alicyclic amines) is 1. The second-order valence-corrected chi connectivity index (χ2v) is 5.85. The van der Waals surface area contributed by atoms with E-state index in [2.05, 4.69) is 10.1 Å². The largest absolute Gasteiger partial charge is 0.488 e. The molecule has 4 rings (SSSR count). The summed E-state index contributed by atoms with van der Waals surface area (Å²) in [7, 11) is 0. The molecule has 3 aromatic rings. The van der Waals surface area contributed by atoms with Crippen LogP contribution in [0.15, 0.2) is 53.3 Å². The molecule has 0 spiro atoms. The molecule has 1 atom stereocenters. The molecule has 24 heavy (non-hydrogen) atoms. The van der Waals surface area contributed by atoms with Crippen LogP contribution in [0.4, 0.5) is 0 Å². The van der Waals surface area contributed by atoms with E-state index < -0.39 is 0 Å². The number of ether oxygens (including phenoxy) is 1. The smallest absolute Gasteiger partial charge is 0.228 e. The summed E-state index contributed by atoms with van der Waals surface area (Å²) < 4.78 is 11.2. The number of benzene rings is 1. The number of hydrogen-bond donors (Lipinski definition) is 0. The van der Waals surface area contributed by atoms with Crippen LogP contribution in [-0.4, -0.2) is 40.1 Å². The van der Waals surface area contributed by atoms with E-state index in [1.165, 1.54) is 0 Å². The van der Waals surface area contributed by atoms with Crippen LogP contribution < -0.4 is 4.74 Å². The third kappa shape index (κ3) is 2.95. The van der Waals surface area contributed by atoms with Crippen molar-refractivity contribution in [2.75, 3.05) is 13.1 Å². The Bertz CT molecular complexity index is 847. The monoisotopic (exact) mass is 323 g/mol. The molecular weight excluding hydrogens is 306 g/mol. The van der Waals surface area contributed by atoms with Crippen molar-refractivity contribution in [3.05, 3.63) is 54.5 Å². The first-order chi connectivity index (χ1) is 11.8.